The number of aryl methyl sites for hydroxylation is 4. The SMILES string of the molecule is CCc1nc(CC)n(CC(O)c2cc(C)cc(C)c2)n1. The molecule has 0 spiro atoms. The zero-order valence-electron chi connectivity index (χ0n) is 12.7. The van der Waals surface area contributed by atoms with Crippen molar-refractivity contribution in [2.75, 3.05) is 0 Å². The summed E-state index contributed by atoms with van der Waals surface area (Å²) < 4.78 is 1.83. The summed E-state index contributed by atoms with van der Waals surface area (Å²) in [5, 5.41) is 14.9. The van der Waals surface area contributed by atoms with Gasteiger partial charge < -0.3 is 5.11 Å². The molecule has 108 valence electrons. The molecule has 20 heavy (non-hydrogen) atoms. The van der Waals surface area contributed by atoms with Crippen LogP contribution < -0.4 is 0 Å². The number of rotatable bonds is 5. The summed E-state index contributed by atoms with van der Waals surface area (Å²) in [6.45, 7) is 8.65. The molecule has 0 aliphatic heterocycles. The lowest BCUT2D eigenvalue weighted by Gasteiger charge is -2.14. The topological polar surface area (TPSA) is 50.9 Å². The van der Waals surface area contributed by atoms with Gasteiger partial charge >= 0.3 is 0 Å². The van der Waals surface area contributed by atoms with Crippen molar-refractivity contribution in [2.24, 2.45) is 0 Å². The zero-order chi connectivity index (χ0) is 14.7. The third kappa shape index (κ3) is 3.25. The van der Waals surface area contributed by atoms with E-state index in [4.69, 9.17) is 0 Å². The summed E-state index contributed by atoms with van der Waals surface area (Å²) in [5.74, 6) is 1.78. The van der Waals surface area contributed by atoms with Gasteiger partial charge in [0, 0.05) is 12.8 Å². The van der Waals surface area contributed by atoms with Gasteiger partial charge in [0.2, 0.25) is 0 Å². The zero-order valence-corrected chi connectivity index (χ0v) is 12.7. The minimum absolute atomic E-state index is 0.457. The Balaban J connectivity index is 2.22. The highest BCUT2D eigenvalue weighted by molar-refractivity contribution is 5.29. The van der Waals surface area contributed by atoms with E-state index >= 15 is 0 Å². The number of aliphatic hydroxyl groups excluding tert-OH is 1. The summed E-state index contributed by atoms with van der Waals surface area (Å²) >= 11 is 0. The number of benzene rings is 1. The van der Waals surface area contributed by atoms with Crippen LogP contribution in [0.15, 0.2) is 18.2 Å². The summed E-state index contributed by atoms with van der Waals surface area (Å²) in [6.07, 6.45) is 1.09. The lowest BCUT2D eigenvalue weighted by atomic mass is 10.0. The van der Waals surface area contributed by atoms with Crippen LogP contribution in [-0.4, -0.2) is 19.9 Å². The molecule has 0 saturated carbocycles. The number of hydrogen-bond acceptors (Lipinski definition) is 3. The fourth-order valence-corrected chi connectivity index (χ4v) is 2.46. The second-order valence-electron chi connectivity index (χ2n) is 5.27. The minimum Gasteiger partial charge on any atom is -0.386 e. The van der Waals surface area contributed by atoms with Gasteiger partial charge in [-0.1, -0.05) is 43.2 Å². The molecular formula is C16H23N3O. The van der Waals surface area contributed by atoms with Gasteiger partial charge in [0.1, 0.15) is 5.82 Å². The van der Waals surface area contributed by atoms with Crippen LogP contribution in [0.1, 0.15) is 48.3 Å². The minimum atomic E-state index is -0.551. The second kappa shape index (κ2) is 6.18. The van der Waals surface area contributed by atoms with Crippen LogP contribution in [0.3, 0.4) is 0 Å². The quantitative estimate of drug-likeness (QED) is 0.911. The molecule has 1 aromatic heterocycles. The van der Waals surface area contributed by atoms with Gasteiger partial charge in [-0.25, -0.2) is 9.67 Å². The lowest BCUT2D eigenvalue weighted by molar-refractivity contribution is 0.150. The van der Waals surface area contributed by atoms with Crippen molar-refractivity contribution in [3.05, 3.63) is 46.5 Å². The Morgan fingerprint density at radius 3 is 2.30 bits per heavy atom. The Labute approximate surface area is 120 Å². The number of aliphatic hydroxyl groups is 1. The van der Waals surface area contributed by atoms with Crippen molar-refractivity contribution in [3.8, 4) is 0 Å². The highest BCUT2D eigenvalue weighted by Crippen LogP contribution is 2.19. The first-order valence-electron chi connectivity index (χ1n) is 7.22. The lowest BCUT2D eigenvalue weighted by Crippen LogP contribution is -2.13. The molecule has 1 N–H and O–H groups in total. The predicted molar refractivity (Wildman–Crippen MR) is 79.7 cm³/mol. The molecule has 2 aromatic rings. The maximum absolute atomic E-state index is 10.4. The molecule has 1 heterocycles. The van der Waals surface area contributed by atoms with Crippen molar-refractivity contribution in [1.29, 1.82) is 0 Å². The summed E-state index contributed by atoms with van der Waals surface area (Å²) in [4.78, 5) is 4.47. The molecule has 1 unspecified atom stereocenters. The van der Waals surface area contributed by atoms with E-state index in [2.05, 4.69) is 23.1 Å². The van der Waals surface area contributed by atoms with Gasteiger partial charge in [-0.2, -0.15) is 5.10 Å². The Bertz CT molecular complexity index is 569. The van der Waals surface area contributed by atoms with E-state index in [1.165, 1.54) is 11.1 Å². The molecule has 0 bridgehead atoms. The maximum Gasteiger partial charge on any atom is 0.150 e. The van der Waals surface area contributed by atoms with Crippen LogP contribution in [0.4, 0.5) is 0 Å². The van der Waals surface area contributed by atoms with Crippen LogP contribution in [0.2, 0.25) is 0 Å². The third-order valence-corrected chi connectivity index (χ3v) is 3.40. The molecule has 4 nitrogen and oxygen atoms in total. The summed E-state index contributed by atoms with van der Waals surface area (Å²) in [7, 11) is 0. The Morgan fingerprint density at radius 1 is 1.10 bits per heavy atom. The van der Waals surface area contributed by atoms with E-state index in [1.54, 1.807) is 0 Å². The predicted octanol–water partition coefficient (Wildman–Crippen LogP) is 2.75. The van der Waals surface area contributed by atoms with Crippen molar-refractivity contribution >= 4 is 0 Å². The molecule has 4 heteroatoms. The van der Waals surface area contributed by atoms with Crippen LogP contribution in [0.5, 0.6) is 0 Å². The normalized spacial score (nSPS) is 12.7. The highest BCUT2D eigenvalue weighted by atomic mass is 16.3. The van der Waals surface area contributed by atoms with Crippen LogP contribution >= 0.6 is 0 Å². The first-order valence-corrected chi connectivity index (χ1v) is 7.22. The molecule has 0 fully saturated rings. The molecule has 0 aliphatic carbocycles. The van der Waals surface area contributed by atoms with Crippen LogP contribution in [0, 0.1) is 13.8 Å². The Kier molecular flexibility index (Phi) is 4.55. The largest absolute Gasteiger partial charge is 0.386 e. The van der Waals surface area contributed by atoms with Crippen molar-refractivity contribution in [1.82, 2.24) is 14.8 Å². The molecule has 2 rings (SSSR count). The average molecular weight is 273 g/mol. The van der Waals surface area contributed by atoms with Gasteiger partial charge in [0.05, 0.1) is 12.6 Å². The molecule has 0 aliphatic rings. The van der Waals surface area contributed by atoms with Crippen molar-refractivity contribution in [2.45, 2.75) is 53.2 Å². The molecule has 0 saturated heterocycles. The Hall–Kier alpha value is -1.68. The summed E-state index contributed by atoms with van der Waals surface area (Å²) in [5.41, 5.74) is 3.28. The van der Waals surface area contributed by atoms with E-state index in [0.717, 1.165) is 30.1 Å². The van der Waals surface area contributed by atoms with Gasteiger partial charge in [0.25, 0.3) is 0 Å². The molecular weight excluding hydrogens is 250 g/mol. The third-order valence-electron chi connectivity index (χ3n) is 3.40. The number of aromatic nitrogens is 3. The van der Waals surface area contributed by atoms with E-state index in [-0.39, 0.29) is 0 Å². The molecule has 0 radical (unpaired) electrons. The summed E-state index contributed by atoms with van der Waals surface area (Å²) in [6, 6.07) is 6.17. The molecule has 1 atom stereocenters. The smallest absolute Gasteiger partial charge is 0.150 e. The van der Waals surface area contributed by atoms with E-state index in [0.29, 0.717) is 6.54 Å². The monoisotopic (exact) mass is 273 g/mol. The fourth-order valence-electron chi connectivity index (χ4n) is 2.46. The molecule has 1 aromatic carbocycles. The Morgan fingerprint density at radius 2 is 1.75 bits per heavy atom. The van der Waals surface area contributed by atoms with Crippen LogP contribution in [-0.2, 0) is 19.4 Å². The standard InChI is InChI=1S/C16H23N3O/c1-5-15-17-16(6-2)19(18-15)10-14(20)13-8-11(3)7-12(4)9-13/h7-9,14,20H,5-6,10H2,1-4H3. The fraction of sp³-hybridized carbons (Fsp3) is 0.500. The van der Waals surface area contributed by atoms with E-state index in [9.17, 15) is 5.11 Å². The van der Waals surface area contributed by atoms with Gasteiger partial charge in [-0.05, 0) is 19.4 Å². The number of nitrogens with zero attached hydrogens (tertiary/aromatic N) is 3. The maximum atomic E-state index is 10.4. The number of hydrogen-bond donors (Lipinski definition) is 1. The van der Waals surface area contributed by atoms with Gasteiger partial charge in [0.15, 0.2) is 5.82 Å². The first kappa shape index (κ1) is 14.7. The van der Waals surface area contributed by atoms with Gasteiger partial charge in [-0.15, -0.1) is 0 Å². The van der Waals surface area contributed by atoms with E-state index < -0.39 is 6.10 Å². The highest BCUT2D eigenvalue weighted by Gasteiger charge is 2.14. The van der Waals surface area contributed by atoms with Crippen LogP contribution in [0.25, 0.3) is 0 Å². The van der Waals surface area contributed by atoms with Gasteiger partial charge in [-0.3, -0.25) is 0 Å². The second-order valence-corrected chi connectivity index (χ2v) is 5.27. The van der Waals surface area contributed by atoms with Crippen molar-refractivity contribution in [3.63, 3.8) is 0 Å². The first-order chi connectivity index (χ1) is 9.53. The van der Waals surface area contributed by atoms with E-state index in [1.807, 2.05) is 37.6 Å². The average Bonchev–Trinajstić information content (AvgIpc) is 2.79. The molecule has 0 amide bonds. The van der Waals surface area contributed by atoms with Crippen molar-refractivity contribution < 1.29 is 5.11 Å².